The van der Waals surface area contributed by atoms with Crippen LogP contribution in [-0.2, 0) is 6.18 Å². The molecule has 0 aliphatic carbocycles. The fraction of sp³-hybridized carbons (Fsp3) is 0.107. The van der Waals surface area contributed by atoms with Gasteiger partial charge in [0.1, 0.15) is 17.2 Å². The molecule has 2 aromatic heterocycles. The predicted octanol–water partition coefficient (Wildman–Crippen LogP) is 5.80. The van der Waals surface area contributed by atoms with Crippen molar-refractivity contribution in [3.05, 3.63) is 90.4 Å². The summed E-state index contributed by atoms with van der Waals surface area (Å²) >= 11 is 0. The molecule has 0 atom stereocenters. The third-order valence-electron chi connectivity index (χ3n) is 5.86. The highest BCUT2D eigenvalue weighted by molar-refractivity contribution is 5.90. The van der Waals surface area contributed by atoms with E-state index in [0.717, 1.165) is 17.5 Å². The third-order valence-corrected chi connectivity index (χ3v) is 5.86. The number of pyridine rings is 1. The van der Waals surface area contributed by atoms with Crippen LogP contribution < -0.4 is 25.0 Å². The van der Waals surface area contributed by atoms with Gasteiger partial charge < -0.3 is 19.5 Å². The monoisotopic (exact) mass is 577 g/mol. The highest BCUT2D eigenvalue weighted by Gasteiger charge is 2.30. The highest BCUT2D eigenvalue weighted by atomic mass is 19.4. The summed E-state index contributed by atoms with van der Waals surface area (Å²) < 4.78 is 56.8. The number of carbonyl (C=O) groups is 1. The Kier molecular flexibility index (Phi) is 7.86. The van der Waals surface area contributed by atoms with Crippen molar-refractivity contribution in [2.45, 2.75) is 6.18 Å². The van der Waals surface area contributed by atoms with Crippen LogP contribution in [0.4, 0.5) is 23.7 Å². The lowest BCUT2D eigenvalue weighted by atomic mass is 10.2. The number of alkyl halides is 3. The molecule has 5 rings (SSSR count). The number of hydrogen-bond acceptors (Lipinski definition) is 8. The van der Waals surface area contributed by atoms with E-state index >= 15 is 0 Å². The van der Waals surface area contributed by atoms with Gasteiger partial charge in [-0.05, 0) is 54.6 Å². The molecule has 0 spiro atoms. The summed E-state index contributed by atoms with van der Waals surface area (Å²) in [6.45, 7) is 0. The van der Waals surface area contributed by atoms with Crippen molar-refractivity contribution in [1.29, 1.82) is 0 Å². The number of benzene rings is 3. The molecule has 0 unspecified atom stereocenters. The van der Waals surface area contributed by atoms with E-state index in [1.165, 1.54) is 29.2 Å². The number of fused-ring (bicyclic) bond motifs is 1. The largest absolute Gasteiger partial charge is 0.493 e. The molecule has 3 aromatic carbocycles. The number of halogens is 3. The second-order valence-electron chi connectivity index (χ2n) is 8.62. The summed E-state index contributed by atoms with van der Waals surface area (Å²) in [6, 6.07) is 15.9. The first-order valence-corrected chi connectivity index (χ1v) is 12.2. The number of hydrogen-bond donors (Lipinski definition) is 2. The first-order valence-electron chi connectivity index (χ1n) is 12.2. The Morgan fingerprint density at radius 2 is 1.74 bits per heavy atom. The van der Waals surface area contributed by atoms with Crippen LogP contribution >= 0.6 is 0 Å². The number of amides is 2. The number of aromatic nitrogens is 4. The van der Waals surface area contributed by atoms with Gasteiger partial charge >= 0.3 is 12.2 Å². The van der Waals surface area contributed by atoms with E-state index in [2.05, 4.69) is 31.1 Å². The van der Waals surface area contributed by atoms with Crippen molar-refractivity contribution in [3.63, 3.8) is 0 Å². The molecule has 0 radical (unpaired) electrons. The smallest absolute Gasteiger partial charge is 0.416 e. The molecule has 2 amide bonds. The van der Waals surface area contributed by atoms with Gasteiger partial charge in [0.2, 0.25) is 0 Å². The lowest BCUT2D eigenvalue weighted by Crippen LogP contribution is -2.24. The van der Waals surface area contributed by atoms with Crippen LogP contribution in [0.15, 0.2) is 84.2 Å². The van der Waals surface area contributed by atoms with Crippen LogP contribution in [0, 0.1) is 0 Å². The Bertz CT molecular complexity index is 1760. The third kappa shape index (κ3) is 6.38. The fourth-order valence-corrected chi connectivity index (χ4v) is 3.87. The minimum atomic E-state index is -4.48. The maximum atomic E-state index is 13.0. The number of urea groups is 1. The van der Waals surface area contributed by atoms with Gasteiger partial charge in [0.15, 0.2) is 11.5 Å². The molecule has 0 saturated carbocycles. The molecule has 0 fully saturated rings. The topological polar surface area (TPSA) is 125 Å². The van der Waals surface area contributed by atoms with Crippen LogP contribution in [0.2, 0.25) is 0 Å². The second kappa shape index (κ2) is 11.8. The quantitative estimate of drug-likeness (QED) is 0.176. The zero-order chi connectivity index (χ0) is 29.7. The Morgan fingerprint density at radius 3 is 2.48 bits per heavy atom. The van der Waals surface area contributed by atoms with Crippen molar-refractivity contribution in [3.8, 4) is 28.7 Å². The van der Waals surface area contributed by atoms with Crippen LogP contribution in [0.25, 0.3) is 16.6 Å². The van der Waals surface area contributed by atoms with E-state index in [9.17, 15) is 18.0 Å². The summed E-state index contributed by atoms with van der Waals surface area (Å²) in [5.74, 6) is 2.16. The van der Waals surface area contributed by atoms with Crippen LogP contribution in [0.1, 0.15) is 11.3 Å². The molecule has 2 N–H and O–H groups in total. The molecule has 5 aromatic rings. The first-order chi connectivity index (χ1) is 20.2. The van der Waals surface area contributed by atoms with Gasteiger partial charge in [-0.25, -0.2) is 14.9 Å². The first kappa shape index (κ1) is 27.9. The number of carbonyl (C=O) groups excluding carboxylic acids is 1. The molecular formula is C28H22F3N7O4. The van der Waals surface area contributed by atoms with Gasteiger partial charge in [-0.3, -0.25) is 4.98 Å². The zero-order valence-corrected chi connectivity index (χ0v) is 22.1. The minimum absolute atomic E-state index is 0.173. The van der Waals surface area contributed by atoms with Gasteiger partial charge in [0, 0.05) is 23.3 Å². The molecule has 0 aliphatic rings. The number of anilines is 1. The number of nitrogens with one attached hydrogen (secondary N) is 2. The van der Waals surface area contributed by atoms with Crippen molar-refractivity contribution in [1.82, 2.24) is 25.4 Å². The van der Waals surface area contributed by atoms with Crippen LogP contribution in [0.3, 0.4) is 0 Å². The van der Waals surface area contributed by atoms with Gasteiger partial charge in [0.05, 0.1) is 43.4 Å². The molecule has 0 bridgehead atoms. The number of methoxy groups -OCH3 is 2. The van der Waals surface area contributed by atoms with E-state index in [1.807, 2.05) is 0 Å². The van der Waals surface area contributed by atoms with E-state index in [1.54, 1.807) is 62.9 Å². The van der Waals surface area contributed by atoms with Crippen molar-refractivity contribution in [2.75, 3.05) is 19.5 Å². The molecule has 0 aliphatic heterocycles. The standard InChI is InChI=1S/C28H22F3N7O4/c1-40-25-13-22-23(14-26(25)41-2)32-11-10-24(22)42-21-8-6-18(7-9-21)34-27(39)36-33-15-19-16-38(37-35-19)20-5-3-4-17(12-20)28(29,30)31/h3-16H,1-2H3,(H2,34,36,39)/b33-15+. The van der Waals surface area contributed by atoms with Crippen molar-refractivity contribution < 1.29 is 32.2 Å². The lowest BCUT2D eigenvalue weighted by Gasteiger charge is -2.12. The van der Waals surface area contributed by atoms with E-state index in [4.69, 9.17) is 14.2 Å². The highest BCUT2D eigenvalue weighted by Crippen LogP contribution is 2.37. The summed E-state index contributed by atoms with van der Waals surface area (Å²) in [7, 11) is 3.09. The van der Waals surface area contributed by atoms with E-state index in [0.29, 0.717) is 34.2 Å². The Morgan fingerprint density at radius 1 is 0.976 bits per heavy atom. The van der Waals surface area contributed by atoms with Crippen molar-refractivity contribution in [2.24, 2.45) is 5.10 Å². The minimum Gasteiger partial charge on any atom is -0.493 e. The van der Waals surface area contributed by atoms with Gasteiger partial charge in [-0.1, -0.05) is 11.3 Å². The lowest BCUT2D eigenvalue weighted by molar-refractivity contribution is -0.137. The summed E-state index contributed by atoms with van der Waals surface area (Å²) in [4.78, 5) is 16.6. The van der Waals surface area contributed by atoms with Crippen LogP contribution in [-0.4, -0.2) is 46.4 Å². The Labute approximate surface area is 236 Å². The average Bonchev–Trinajstić information content (AvgIpc) is 3.46. The maximum Gasteiger partial charge on any atom is 0.416 e. The zero-order valence-electron chi connectivity index (χ0n) is 22.1. The molecule has 11 nitrogen and oxygen atoms in total. The molecular weight excluding hydrogens is 555 g/mol. The summed E-state index contributed by atoms with van der Waals surface area (Å²) in [6.07, 6.45) is -0.285. The number of hydrazone groups is 1. The Hall–Kier alpha value is -5.66. The maximum absolute atomic E-state index is 13.0. The number of nitrogens with zero attached hydrogens (tertiary/aromatic N) is 5. The van der Waals surface area contributed by atoms with E-state index < -0.39 is 17.8 Å². The Balaban J connectivity index is 1.18. The van der Waals surface area contributed by atoms with Gasteiger partial charge in [0.25, 0.3) is 0 Å². The molecule has 214 valence electrons. The van der Waals surface area contributed by atoms with Crippen LogP contribution in [0.5, 0.6) is 23.0 Å². The summed E-state index contributed by atoms with van der Waals surface area (Å²) in [5, 5.41) is 14.8. The molecule has 42 heavy (non-hydrogen) atoms. The van der Waals surface area contributed by atoms with Crippen molar-refractivity contribution >= 4 is 28.8 Å². The molecule has 2 heterocycles. The summed E-state index contributed by atoms with van der Waals surface area (Å²) in [5.41, 5.74) is 3.00. The second-order valence-corrected chi connectivity index (χ2v) is 8.62. The SMILES string of the molecule is COc1cc2nccc(Oc3ccc(NC(=O)N/N=C/c4cn(-c5cccc(C(F)(F)F)c5)nn4)cc3)c2cc1OC. The molecule has 14 heteroatoms. The fourth-order valence-electron chi connectivity index (χ4n) is 3.87. The number of rotatable bonds is 8. The normalized spacial score (nSPS) is 11.5. The molecule has 0 saturated heterocycles. The average molecular weight is 578 g/mol. The number of ether oxygens (including phenoxy) is 3. The van der Waals surface area contributed by atoms with Gasteiger partial charge in [-0.15, -0.1) is 5.10 Å². The van der Waals surface area contributed by atoms with E-state index in [-0.39, 0.29) is 11.4 Å². The van der Waals surface area contributed by atoms with Gasteiger partial charge in [-0.2, -0.15) is 18.3 Å². The predicted molar refractivity (Wildman–Crippen MR) is 147 cm³/mol.